The van der Waals surface area contributed by atoms with Gasteiger partial charge in [0.1, 0.15) is 5.01 Å². The van der Waals surface area contributed by atoms with Gasteiger partial charge in [0.05, 0.1) is 11.2 Å². The first-order chi connectivity index (χ1) is 7.88. The van der Waals surface area contributed by atoms with Crippen LogP contribution < -0.4 is 11.5 Å². The lowest BCUT2D eigenvalue weighted by Gasteiger charge is -2.14. The molecule has 0 radical (unpaired) electrons. The predicted molar refractivity (Wildman–Crippen MR) is 73.9 cm³/mol. The molecule has 1 aromatic heterocycles. The third-order valence-corrected chi connectivity index (χ3v) is 3.48. The second-order valence-electron chi connectivity index (χ2n) is 4.85. The van der Waals surface area contributed by atoms with E-state index in [1.54, 1.807) is 11.3 Å². The topological polar surface area (TPSA) is 64.9 Å². The van der Waals surface area contributed by atoms with Crippen molar-refractivity contribution in [2.75, 3.05) is 5.73 Å². The van der Waals surface area contributed by atoms with Crippen molar-refractivity contribution < 1.29 is 0 Å². The molecule has 1 aromatic carbocycles. The Bertz CT molecular complexity index is 538. The Kier molecular flexibility index (Phi) is 2.93. The number of rotatable bonds is 2. The lowest BCUT2D eigenvalue weighted by atomic mass is 10.0. The van der Waals surface area contributed by atoms with Crippen LogP contribution in [0.3, 0.4) is 0 Å². The minimum absolute atomic E-state index is 0.409. The van der Waals surface area contributed by atoms with Crippen LogP contribution in [0.4, 0.5) is 5.69 Å². The van der Waals surface area contributed by atoms with Crippen molar-refractivity contribution in [1.82, 2.24) is 4.98 Å². The molecular formula is C13H17N3S. The van der Waals surface area contributed by atoms with E-state index in [0.29, 0.717) is 0 Å². The first kappa shape index (κ1) is 12.1. The van der Waals surface area contributed by atoms with Crippen molar-refractivity contribution in [3.05, 3.63) is 34.8 Å². The van der Waals surface area contributed by atoms with Crippen LogP contribution in [0.1, 0.15) is 25.1 Å². The molecule has 4 heteroatoms. The largest absolute Gasteiger partial charge is 0.398 e. The standard InChI is InChI=1S/C13H17N3S/c1-8-4-5-9(10(14)6-8)12-16-11(7-17-12)13(2,3)15/h4-7H,14-15H2,1-3H3. The molecule has 0 saturated carbocycles. The highest BCUT2D eigenvalue weighted by molar-refractivity contribution is 7.13. The molecule has 0 unspecified atom stereocenters. The van der Waals surface area contributed by atoms with Crippen LogP contribution in [-0.2, 0) is 5.54 Å². The van der Waals surface area contributed by atoms with Crippen LogP contribution in [0.15, 0.2) is 23.6 Å². The van der Waals surface area contributed by atoms with E-state index in [1.165, 1.54) is 0 Å². The van der Waals surface area contributed by atoms with Crippen LogP contribution in [0.25, 0.3) is 10.6 Å². The van der Waals surface area contributed by atoms with Crippen LogP contribution >= 0.6 is 11.3 Å². The average Bonchev–Trinajstić information content (AvgIpc) is 2.65. The Morgan fingerprint density at radius 2 is 2.00 bits per heavy atom. The molecule has 3 nitrogen and oxygen atoms in total. The summed E-state index contributed by atoms with van der Waals surface area (Å²) in [6.45, 7) is 5.92. The number of benzene rings is 1. The maximum atomic E-state index is 6.02. The van der Waals surface area contributed by atoms with Crippen LogP contribution in [0.5, 0.6) is 0 Å². The summed E-state index contributed by atoms with van der Waals surface area (Å²) in [6.07, 6.45) is 0. The third kappa shape index (κ3) is 2.48. The number of hydrogen-bond donors (Lipinski definition) is 2. The molecule has 2 aromatic rings. The van der Waals surface area contributed by atoms with E-state index in [2.05, 4.69) is 4.98 Å². The van der Waals surface area contributed by atoms with Crippen LogP contribution in [0, 0.1) is 6.92 Å². The van der Waals surface area contributed by atoms with Gasteiger partial charge in [-0.25, -0.2) is 4.98 Å². The van der Waals surface area contributed by atoms with E-state index < -0.39 is 5.54 Å². The number of thiazole rings is 1. The van der Waals surface area contributed by atoms with Gasteiger partial charge in [-0.1, -0.05) is 6.07 Å². The first-order valence-electron chi connectivity index (χ1n) is 5.49. The summed E-state index contributed by atoms with van der Waals surface area (Å²) >= 11 is 1.58. The predicted octanol–water partition coefficient (Wildman–Crippen LogP) is 2.89. The van der Waals surface area contributed by atoms with E-state index in [9.17, 15) is 0 Å². The lowest BCUT2D eigenvalue weighted by molar-refractivity contribution is 0.539. The summed E-state index contributed by atoms with van der Waals surface area (Å²) in [4.78, 5) is 4.56. The first-order valence-corrected chi connectivity index (χ1v) is 6.37. The molecule has 0 atom stereocenters. The highest BCUT2D eigenvalue weighted by Gasteiger charge is 2.18. The molecule has 2 rings (SSSR count). The molecule has 0 fully saturated rings. The summed E-state index contributed by atoms with van der Waals surface area (Å²) < 4.78 is 0. The zero-order valence-corrected chi connectivity index (χ0v) is 11.1. The summed E-state index contributed by atoms with van der Waals surface area (Å²) in [5, 5.41) is 2.92. The van der Waals surface area contributed by atoms with E-state index in [0.717, 1.165) is 27.5 Å². The van der Waals surface area contributed by atoms with Gasteiger partial charge < -0.3 is 11.5 Å². The van der Waals surface area contributed by atoms with Crippen molar-refractivity contribution in [3.63, 3.8) is 0 Å². The summed E-state index contributed by atoms with van der Waals surface area (Å²) in [5.41, 5.74) is 15.4. The number of nitrogens with two attached hydrogens (primary N) is 2. The monoisotopic (exact) mass is 247 g/mol. The van der Waals surface area contributed by atoms with Gasteiger partial charge >= 0.3 is 0 Å². The SMILES string of the molecule is Cc1ccc(-c2nc(C(C)(C)N)cs2)c(N)c1. The minimum atomic E-state index is -0.409. The molecule has 17 heavy (non-hydrogen) atoms. The zero-order chi connectivity index (χ0) is 12.6. The van der Waals surface area contributed by atoms with Gasteiger partial charge in [-0.2, -0.15) is 0 Å². The molecule has 1 heterocycles. The number of nitrogen functional groups attached to an aromatic ring is 1. The van der Waals surface area contributed by atoms with Crippen molar-refractivity contribution in [2.24, 2.45) is 5.73 Å². The molecule has 0 aliphatic rings. The van der Waals surface area contributed by atoms with Crippen molar-refractivity contribution in [2.45, 2.75) is 26.3 Å². The highest BCUT2D eigenvalue weighted by atomic mass is 32.1. The molecule has 0 bridgehead atoms. The Morgan fingerprint density at radius 3 is 2.53 bits per heavy atom. The van der Waals surface area contributed by atoms with E-state index in [-0.39, 0.29) is 0 Å². The van der Waals surface area contributed by atoms with E-state index in [1.807, 2.05) is 44.4 Å². The second-order valence-corrected chi connectivity index (χ2v) is 5.71. The average molecular weight is 247 g/mol. The molecule has 4 N–H and O–H groups in total. The third-order valence-electron chi connectivity index (χ3n) is 2.60. The molecule has 0 saturated heterocycles. The Hall–Kier alpha value is -1.39. The molecular weight excluding hydrogens is 230 g/mol. The highest BCUT2D eigenvalue weighted by Crippen LogP contribution is 2.31. The fourth-order valence-electron chi connectivity index (χ4n) is 1.57. The number of anilines is 1. The lowest BCUT2D eigenvalue weighted by Crippen LogP contribution is -2.28. The molecule has 0 aliphatic heterocycles. The van der Waals surface area contributed by atoms with Gasteiger partial charge in [-0.3, -0.25) is 0 Å². The van der Waals surface area contributed by atoms with Crippen molar-refractivity contribution >= 4 is 17.0 Å². The summed E-state index contributed by atoms with van der Waals surface area (Å²) in [5.74, 6) is 0. The Morgan fingerprint density at radius 1 is 1.29 bits per heavy atom. The Labute approximate surface area is 105 Å². The summed E-state index contributed by atoms with van der Waals surface area (Å²) in [6, 6.07) is 6.02. The van der Waals surface area contributed by atoms with Crippen LogP contribution in [-0.4, -0.2) is 4.98 Å². The van der Waals surface area contributed by atoms with Gasteiger partial charge in [0.15, 0.2) is 0 Å². The van der Waals surface area contributed by atoms with Gasteiger partial charge in [0.25, 0.3) is 0 Å². The fourth-order valence-corrected chi connectivity index (χ4v) is 2.61. The second kappa shape index (κ2) is 4.13. The summed E-state index contributed by atoms with van der Waals surface area (Å²) in [7, 11) is 0. The fraction of sp³-hybridized carbons (Fsp3) is 0.308. The normalized spacial score (nSPS) is 11.8. The molecule has 0 aliphatic carbocycles. The smallest absolute Gasteiger partial charge is 0.125 e. The van der Waals surface area contributed by atoms with Gasteiger partial charge in [0, 0.05) is 16.6 Å². The number of aryl methyl sites for hydroxylation is 1. The van der Waals surface area contributed by atoms with Gasteiger partial charge in [0.2, 0.25) is 0 Å². The van der Waals surface area contributed by atoms with E-state index in [4.69, 9.17) is 11.5 Å². The zero-order valence-electron chi connectivity index (χ0n) is 10.3. The maximum Gasteiger partial charge on any atom is 0.125 e. The number of hydrogen-bond acceptors (Lipinski definition) is 4. The molecule has 0 amide bonds. The Balaban J connectivity index is 2.44. The van der Waals surface area contributed by atoms with Crippen molar-refractivity contribution in [1.29, 1.82) is 0 Å². The number of nitrogens with zero attached hydrogens (tertiary/aromatic N) is 1. The minimum Gasteiger partial charge on any atom is -0.398 e. The number of aromatic nitrogens is 1. The van der Waals surface area contributed by atoms with Crippen molar-refractivity contribution in [3.8, 4) is 10.6 Å². The van der Waals surface area contributed by atoms with Crippen LogP contribution in [0.2, 0.25) is 0 Å². The molecule has 0 spiro atoms. The van der Waals surface area contributed by atoms with Gasteiger partial charge in [-0.15, -0.1) is 11.3 Å². The quantitative estimate of drug-likeness (QED) is 0.802. The maximum absolute atomic E-state index is 6.02. The molecule has 90 valence electrons. The van der Waals surface area contributed by atoms with E-state index >= 15 is 0 Å². The van der Waals surface area contributed by atoms with Gasteiger partial charge in [-0.05, 0) is 38.5 Å².